The molecule has 3 heterocycles. The normalized spacial score (nSPS) is 16.8. The summed E-state index contributed by atoms with van der Waals surface area (Å²) >= 11 is 0. The summed E-state index contributed by atoms with van der Waals surface area (Å²) in [5.74, 6) is 0.482. The number of anilines is 1. The highest BCUT2D eigenvalue weighted by atomic mass is 16.5. The molecule has 1 aliphatic rings. The van der Waals surface area contributed by atoms with E-state index in [0.717, 1.165) is 18.5 Å². The highest BCUT2D eigenvalue weighted by Crippen LogP contribution is 2.32. The van der Waals surface area contributed by atoms with Crippen LogP contribution in [0.3, 0.4) is 0 Å². The van der Waals surface area contributed by atoms with Gasteiger partial charge in [-0.3, -0.25) is 9.78 Å². The molecule has 8 nitrogen and oxygen atoms in total. The number of carbonyl (C=O) groups excluding carboxylic acids is 2. The minimum absolute atomic E-state index is 0.120. The van der Waals surface area contributed by atoms with Gasteiger partial charge in [0.1, 0.15) is 5.69 Å². The van der Waals surface area contributed by atoms with Gasteiger partial charge in [0.05, 0.1) is 11.7 Å². The van der Waals surface area contributed by atoms with Gasteiger partial charge in [-0.1, -0.05) is 5.16 Å². The predicted molar refractivity (Wildman–Crippen MR) is 91.2 cm³/mol. The number of nitrogens with zero attached hydrogens (tertiary/aromatic N) is 4. The second-order valence-corrected chi connectivity index (χ2v) is 6.28. The molecule has 1 unspecified atom stereocenters. The van der Waals surface area contributed by atoms with Crippen LogP contribution in [0.5, 0.6) is 0 Å². The molecular formula is C17H21N5O3. The van der Waals surface area contributed by atoms with E-state index in [-0.39, 0.29) is 23.7 Å². The lowest BCUT2D eigenvalue weighted by Crippen LogP contribution is -2.34. The van der Waals surface area contributed by atoms with E-state index in [4.69, 9.17) is 4.52 Å². The Labute approximate surface area is 145 Å². The lowest BCUT2D eigenvalue weighted by Gasteiger charge is -2.23. The van der Waals surface area contributed by atoms with Crippen molar-refractivity contribution in [2.45, 2.75) is 25.8 Å². The zero-order valence-corrected chi connectivity index (χ0v) is 14.5. The molecule has 3 rings (SSSR count). The van der Waals surface area contributed by atoms with Crippen molar-refractivity contribution in [2.75, 3.05) is 26.0 Å². The van der Waals surface area contributed by atoms with E-state index in [0.29, 0.717) is 18.0 Å². The molecule has 132 valence electrons. The summed E-state index contributed by atoms with van der Waals surface area (Å²) < 4.78 is 5.32. The Bertz CT molecular complexity index is 786. The third-order valence-electron chi connectivity index (χ3n) is 4.12. The summed E-state index contributed by atoms with van der Waals surface area (Å²) in [7, 11) is 3.31. The predicted octanol–water partition coefficient (Wildman–Crippen LogP) is 2.45. The first-order valence-corrected chi connectivity index (χ1v) is 8.14. The number of aromatic nitrogens is 2. The summed E-state index contributed by atoms with van der Waals surface area (Å²) in [4.78, 5) is 31.9. The van der Waals surface area contributed by atoms with Crippen LogP contribution in [-0.4, -0.2) is 52.5 Å². The fourth-order valence-corrected chi connectivity index (χ4v) is 2.90. The second kappa shape index (κ2) is 6.92. The van der Waals surface area contributed by atoms with Crippen molar-refractivity contribution in [3.63, 3.8) is 0 Å². The molecule has 2 aromatic rings. The van der Waals surface area contributed by atoms with Crippen molar-refractivity contribution in [1.29, 1.82) is 0 Å². The van der Waals surface area contributed by atoms with E-state index in [9.17, 15) is 9.59 Å². The van der Waals surface area contributed by atoms with Crippen LogP contribution in [0.15, 0.2) is 28.9 Å². The minimum atomic E-state index is -0.231. The minimum Gasteiger partial charge on any atom is -0.359 e. The molecule has 0 bridgehead atoms. The average molecular weight is 343 g/mol. The number of amides is 3. The Kier molecular flexibility index (Phi) is 4.69. The molecule has 1 N–H and O–H groups in total. The topological polar surface area (TPSA) is 91.6 Å². The van der Waals surface area contributed by atoms with Crippen molar-refractivity contribution in [3.8, 4) is 0 Å². The van der Waals surface area contributed by atoms with E-state index < -0.39 is 0 Å². The van der Waals surface area contributed by atoms with E-state index >= 15 is 0 Å². The van der Waals surface area contributed by atoms with Gasteiger partial charge in [-0.2, -0.15) is 0 Å². The first-order valence-electron chi connectivity index (χ1n) is 8.14. The van der Waals surface area contributed by atoms with Crippen LogP contribution in [0.25, 0.3) is 0 Å². The van der Waals surface area contributed by atoms with Crippen LogP contribution in [0, 0.1) is 6.92 Å². The van der Waals surface area contributed by atoms with Gasteiger partial charge in [0, 0.05) is 38.6 Å². The summed E-state index contributed by atoms with van der Waals surface area (Å²) in [6, 6.07) is 4.74. The van der Waals surface area contributed by atoms with Crippen LogP contribution < -0.4 is 5.32 Å². The molecule has 1 aliphatic heterocycles. The molecule has 0 aromatic carbocycles. The van der Waals surface area contributed by atoms with Crippen molar-refractivity contribution in [2.24, 2.45) is 0 Å². The standard InChI is InChI=1S/C17H21N5O3/c1-11-9-15(25-20-11)14-5-4-8-22(14)17(24)19-12-6-7-18-13(10-12)16(23)21(2)3/h6-7,9-10,14H,4-5,8H2,1-3H3,(H,18,19,24). The molecule has 1 fully saturated rings. The maximum Gasteiger partial charge on any atom is 0.322 e. The van der Waals surface area contributed by atoms with Gasteiger partial charge in [0.2, 0.25) is 0 Å². The van der Waals surface area contributed by atoms with Gasteiger partial charge in [-0.15, -0.1) is 0 Å². The van der Waals surface area contributed by atoms with Crippen LogP contribution in [0.4, 0.5) is 10.5 Å². The maximum atomic E-state index is 12.7. The molecule has 2 aromatic heterocycles. The molecule has 0 saturated carbocycles. The van der Waals surface area contributed by atoms with Gasteiger partial charge in [-0.05, 0) is 31.9 Å². The number of nitrogens with one attached hydrogen (secondary N) is 1. The van der Waals surface area contributed by atoms with E-state index in [1.54, 1.807) is 31.1 Å². The largest absolute Gasteiger partial charge is 0.359 e. The van der Waals surface area contributed by atoms with E-state index in [1.165, 1.54) is 11.1 Å². The molecule has 25 heavy (non-hydrogen) atoms. The Balaban J connectivity index is 1.73. The molecule has 8 heteroatoms. The van der Waals surface area contributed by atoms with Crippen molar-refractivity contribution < 1.29 is 14.1 Å². The number of hydrogen-bond acceptors (Lipinski definition) is 5. The van der Waals surface area contributed by atoms with Crippen molar-refractivity contribution in [1.82, 2.24) is 19.9 Å². The number of urea groups is 1. The van der Waals surface area contributed by atoms with Crippen LogP contribution in [0.2, 0.25) is 0 Å². The van der Waals surface area contributed by atoms with Crippen LogP contribution in [-0.2, 0) is 0 Å². The lowest BCUT2D eigenvalue weighted by atomic mass is 10.1. The molecule has 3 amide bonds. The molecule has 1 saturated heterocycles. The third-order valence-corrected chi connectivity index (χ3v) is 4.12. The second-order valence-electron chi connectivity index (χ2n) is 6.28. The number of likely N-dealkylation sites (tertiary alicyclic amines) is 1. The Morgan fingerprint density at radius 1 is 1.36 bits per heavy atom. The highest BCUT2D eigenvalue weighted by Gasteiger charge is 2.32. The first-order chi connectivity index (χ1) is 12.0. The summed E-state index contributed by atoms with van der Waals surface area (Å²) in [5.41, 5.74) is 1.61. The number of hydrogen-bond donors (Lipinski definition) is 1. The van der Waals surface area contributed by atoms with Gasteiger partial charge >= 0.3 is 6.03 Å². The number of aryl methyl sites for hydroxylation is 1. The fraction of sp³-hybridized carbons (Fsp3) is 0.412. The molecule has 0 radical (unpaired) electrons. The van der Waals surface area contributed by atoms with Gasteiger partial charge < -0.3 is 19.6 Å². The van der Waals surface area contributed by atoms with Gasteiger partial charge in [0.15, 0.2) is 5.76 Å². The smallest absolute Gasteiger partial charge is 0.322 e. The number of rotatable bonds is 3. The first kappa shape index (κ1) is 16.9. The zero-order chi connectivity index (χ0) is 18.0. The quantitative estimate of drug-likeness (QED) is 0.924. The molecular weight excluding hydrogens is 322 g/mol. The third kappa shape index (κ3) is 3.62. The number of pyridine rings is 1. The zero-order valence-electron chi connectivity index (χ0n) is 14.5. The van der Waals surface area contributed by atoms with Crippen LogP contribution >= 0.6 is 0 Å². The van der Waals surface area contributed by atoms with Crippen molar-refractivity contribution in [3.05, 3.63) is 41.5 Å². The maximum absolute atomic E-state index is 12.7. The van der Waals surface area contributed by atoms with E-state index in [1.807, 2.05) is 13.0 Å². The Morgan fingerprint density at radius 3 is 2.84 bits per heavy atom. The molecule has 0 aliphatic carbocycles. The fourth-order valence-electron chi connectivity index (χ4n) is 2.90. The average Bonchev–Trinajstić information content (AvgIpc) is 3.22. The highest BCUT2D eigenvalue weighted by molar-refractivity contribution is 5.95. The summed E-state index contributed by atoms with van der Waals surface area (Å²) in [6.45, 7) is 2.50. The van der Waals surface area contributed by atoms with Crippen molar-refractivity contribution >= 4 is 17.6 Å². The Morgan fingerprint density at radius 2 is 2.16 bits per heavy atom. The SMILES string of the molecule is Cc1cc(C2CCCN2C(=O)Nc2ccnc(C(=O)N(C)C)c2)on1. The summed E-state index contributed by atoms with van der Waals surface area (Å²) in [5, 5.41) is 6.74. The van der Waals surface area contributed by atoms with E-state index in [2.05, 4.69) is 15.5 Å². The van der Waals surface area contributed by atoms with Gasteiger partial charge in [-0.25, -0.2) is 4.79 Å². The van der Waals surface area contributed by atoms with Crippen LogP contribution in [0.1, 0.15) is 40.8 Å². The lowest BCUT2D eigenvalue weighted by molar-refractivity contribution is 0.0822. The molecule has 1 atom stereocenters. The number of carbonyl (C=O) groups is 2. The van der Waals surface area contributed by atoms with Gasteiger partial charge in [0.25, 0.3) is 5.91 Å². The Hall–Kier alpha value is -2.90. The summed E-state index contributed by atoms with van der Waals surface area (Å²) in [6.07, 6.45) is 3.24. The monoisotopic (exact) mass is 343 g/mol. The molecule has 0 spiro atoms.